The van der Waals surface area contributed by atoms with Crippen molar-refractivity contribution in [3.05, 3.63) is 88.2 Å². The van der Waals surface area contributed by atoms with Crippen molar-refractivity contribution in [3.8, 4) is 5.75 Å². The van der Waals surface area contributed by atoms with Gasteiger partial charge < -0.3 is 19.1 Å². The fourth-order valence-corrected chi connectivity index (χ4v) is 6.06. The molecule has 6 rings (SSSR count). The Balaban J connectivity index is 1.45. The van der Waals surface area contributed by atoms with E-state index >= 15 is 0 Å². The highest BCUT2D eigenvalue weighted by Crippen LogP contribution is 2.36. The first kappa shape index (κ1) is 25.0. The summed E-state index contributed by atoms with van der Waals surface area (Å²) in [6, 6.07) is 19.7. The van der Waals surface area contributed by atoms with Crippen molar-refractivity contribution in [2.75, 3.05) is 51.8 Å². The van der Waals surface area contributed by atoms with Gasteiger partial charge in [-0.1, -0.05) is 36.4 Å². The maximum absolute atomic E-state index is 5.52. The zero-order chi connectivity index (χ0) is 26.2. The minimum atomic E-state index is 0.796. The first-order chi connectivity index (χ1) is 18.5. The van der Waals surface area contributed by atoms with E-state index in [2.05, 4.69) is 88.7 Å². The van der Waals surface area contributed by atoms with E-state index in [0.29, 0.717) is 0 Å². The van der Waals surface area contributed by atoms with Gasteiger partial charge in [0, 0.05) is 63.4 Å². The number of rotatable bonds is 6. The summed E-state index contributed by atoms with van der Waals surface area (Å²) in [4.78, 5) is 12.9. The Hall–Kier alpha value is -3.35. The summed E-state index contributed by atoms with van der Waals surface area (Å²) in [6.45, 7) is 12.5. The van der Waals surface area contributed by atoms with Gasteiger partial charge in [0.2, 0.25) is 0 Å². The number of methoxy groups -OCH3 is 1. The third kappa shape index (κ3) is 4.79. The molecule has 38 heavy (non-hydrogen) atoms. The number of pyridine rings is 1. The van der Waals surface area contributed by atoms with E-state index in [1.807, 2.05) is 6.07 Å². The molecule has 0 unspecified atom stereocenters. The number of hydrogen-bond donors (Lipinski definition) is 0. The van der Waals surface area contributed by atoms with E-state index in [4.69, 9.17) is 9.72 Å². The molecule has 0 spiro atoms. The molecule has 198 valence electrons. The molecule has 2 aromatic heterocycles. The number of benzene rings is 2. The van der Waals surface area contributed by atoms with E-state index in [1.165, 1.54) is 44.5 Å². The lowest BCUT2D eigenvalue weighted by atomic mass is 10.00. The summed E-state index contributed by atoms with van der Waals surface area (Å²) in [5, 5.41) is 1.33. The molecule has 2 aromatic carbocycles. The molecule has 0 aliphatic carbocycles. The molecule has 0 N–H and O–H groups in total. The van der Waals surface area contributed by atoms with Crippen LogP contribution in [0.25, 0.3) is 10.9 Å². The van der Waals surface area contributed by atoms with Gasteiger partial charge in [-0.2, -0.15) is 0 Å². The average molecular weight is 510 g/mol. The summed E-state index contributed by atoms with van der Waals surface area (Å²) < 4.78 is 8.00. The number of likely N-dealkylation sites (N-methyl/N-ethyl adjacent to an activating group) is 1. The summed E-state index contributed by atoms with van der Waals surface area (Å²) in [5.74, 6) is 2.02. The number of anilines is 1. The SMILES string of the molecule is COc1cccc(Cn2c(C)c(C)c3cc(CN4CCN(C)CC4)nc(N4CCc5ccccc5C4)c32)c1. The van der Waals surface area contributed by atoms with Gasteiger partial charge in [0.15, 0.2) is 5.82 Å². The Morgan fingerprint density at radius 1 is 0.868 bits per heavy atom. The van der Waals surface area contributed by atoms with Crippen molar-refractivity contribution in [2.24, 2.45) is 0 Å². The van der Waals surface area contributed by atoms with Crippen molar-refractivity contribution in [3.63, 3.8) is 0 Å². The number of piperazine rings is 1. The van der Waals surface area contributed by atoms with Gasteiger partial charge in [-0.25, -0.2) is 4.98 Å². The Bertz CT molecular complexity index is 1450. The number of hydrogen-bond acceptors (Lipinski definition) is 5. The maximum atomic E-state index is 5.52. The van der Waals surface area contributed by atoms with E-state index < -0.39 is 0 Å². The largest absolute Gasteiger partial charge is 0.497 e. The highest BCUT2D eigenvalue weighted by Gasteiger charge is 2.25. The van der Waals surface area contributed by atoms with Crippen molar-refractivity contribution < 1.29 is 4.74 Å². The molecule has 1 saturated heterocycles. The van der Waals surface area contributed by atoms with Crippen LogP contribution >= 0.6 is 0 Å². The van der Waals surface area contributed by atoms with Crippen LogP contribution in [0, 0.1) is 13.8 Å². The normalized spacial score (nSPS) is 16.7. The van der Waals surface area contributed by atoms with Gasteiger partial charge in [-0.05, 0) is 67.8 Å². The molecule has 4 aromatic rings. The van der Waals surface area contributed by atoms with E-state index in [1.54, 1.807) is 7.11 Å². The van der Waals surface area contributed by atoms with Crippen LogP contribution in [0.3, 0.4) is 0 Å². The molecule has 2 aliphatic rings. The minimum absolute atomic E-state index is 0.796. The third-order valence-electron chi connectivity index (χ3n) is 8.54. The molecule has 0 saturated carbocycles. The number of aryl methyl sites for hydroxylation is 1. The molecule has 0 bridgehead atoms. The van der Waals surface area contributed by atoms with Gasteiger partial charge in [0.05, 0.1) is 18.3 Å². The average Bonchev–Trinajstić information content (AvgIpc) is 3.18. The fourth-order valence-electron chi connectivity index (χ4n) is 6.06. The Morgan fingerprint density at radius 2 is 1.66 bits per heavy atom. The molecule has 0 atom stereocenters. The summed E-state index contributed by atoms with van der Waals surface area (Å²) in [5.41, 5.74) is 9.21. The Kier molecular flexibility index (Phi) is 6.85. The predicted octanol–water partition coefficient (Wildman–Crippen LogP) is 5.02. The Labute approximate surface area is 226 Å². The quantitative estimate of drug-likeness (QED) is 0.365. The van der Waals surface area contributed by atoms with Gasteiger partial charge in [0.1, 0.15) is 5.75 Å². The van der Waals surface area contributed by atoms with Crippen molar-refractivity contribution in [2.45, 2.75) is 39.9 Å². The zero-order valence-corrected chi connectivity index (χ0v) is 23.2. The minimum Gasteiger partial charge on any atom is -0.497 e. The van der Waals surface area contributed by atoms with Crippen LogP contribution in [-0.2, 0) is 26.1 Å². The van der Waals surface area contributed by atoms with Crippen LogP contribution in [0.15, 0.2) is 54.6 Å². The number of fused-ring (bicyclic) bond motifs is 2. The first-order valence-corrected chi connectivity index (χ1v) is 13.8. The van der Waals surface area contributed by atoms with Gasteiger partial charge >= 0.3 is 0 Å². The van der Waals surface area contributed by atoms with Crippen molar-refractivity contribution in [1.29, 1.82) is 0 Å². The maximum Gasteiger partial charge on any atom is 0.153 e. The lowest BCUT2D eigenvalue weighted by Gasteiger charge is -2.33. The van der Waals surface area contributed by atoms with E-state index in [-0.39, 0.29) is 0 Å². The number of ether oxygens (including phenoxy) is 1. The Morgan fingerprint density at radius 3 is 2.45 bits per heavy atom. The topological polar surface area (TPSA) is 36.8 Å². The van der Waals surface area contributed by atoms with Crippen LogP contribution in [-0.4, -0.2) is 66.2 Å². The number of nitrogens with zero attached hydrogens (tertiary/aromatic N) is 5. The van der Waals surface area contributed by atoms with Crippen LogP contribution < -0.4 is 9.64 Å². The zero-order valence-electron chi connectivity index (χ0n) is 23.2. The summed E-state index contributed by atoms with van der Waals surface area (Å²) in [6.07, 6.45) is 1.05. The highest BCUT2D eigenvalue weighted by molar-refractivity contribution is 5.94. The second-order valence-electron chi connectivity index (χ2n) is 11.0. The lowest BCUT2D eigenvalue weighted by molar-refractivity contribution is 0.147. The van der Waals surface area contributed by atoms with Crippen LogP contribution in [0.2, 0.25) is 0 Å². The number of aromatic nitrogens is 2. The molecule has 2 aliphatic heterocycles. The molecule has 0 amide bonds. The van der Waals surface area contributed by atoms with Crippen molar-refractivity contribution >= 4 is 16.7 Å². The monoisotopic (exact) mass is 509 g/mol. The molecule has 4 heterocycles. The molecule has 1 fully saturated rings. The van der Waals surface area contributed by atoms with Crippen LogP contribution in [0.5, 0.6) is 5.75 Å². The second-order valence-corrected chi connectivity index (χ2v) is 11.0. The van der Waals surface area contributed by atoms with Crippen LogP contribution in [0.1, 0.15) is 33.6 Å². The summed E-state index contributed by atoms with van der Waals surface area (Å²) in [7, 11) is 3.95. The molecule has 6 nitrogen and oxygen atoms in total. The van der Waals surface area contributed by atoms with Gasteiger partial charge in [-0.15, -0.1) is 0 Å². The highest BCUT2D eigenvalue weighted by atomic mass is 16.5. The molecular formula is C32H39N5O. The van der Waals surface area contributed by atoms with Gasteiger partial charge in [0.25, 0.3) is 0 Å². The molecular weight excluding hydrogens is 470 g/mol. The van der Waals surface area contributed by atoms with E-state index in [9.17, 15) is 0 Å². The first-order valence-electron chi connectivity index (χ1n) is 13.8. The standard InChI is InChI=1S/C32H39N5O/c1-23-24(2)37(20-25-8-7-11-29(18-25)38-4)31-30(23)19-28(22-35-16-14-34(3)15-17-35)33-32(31)36-13-12-26-9-5-6-10-27(26)21-36/h5-11,18-19H,12-17,20-22H2,1-4H3. The predicted molar refractivity (Wildman–Crippen MR) is 155 cm³/mol. The lowest BCUT2D eigenvalue weighted by Crippen LogP contribution is -2.44. The second kappa shape index (κ2) is 10.4. The molecule has 0 radical (unpaired) electrons. The molecule has 6 heteroatoms. The third-order valence-corrected chi connectivity index (χ3v) is 8.54. The summed E-state index contributed by atoms with van der Waals surface area (Å²) >= 11 is 0. The smallest absolute Gasteiger partial charge is 0.153 e. The van der Waals surface area contributed by atoms with E-state index in [0.717, 1.165) is 70.3 Å². The van der Waals surface area contributed by atoms with Crippen LogP contribution in [0.4, 0.5) is 5.82 Å². The van der Waals surface area contributed by atoms with Gasteiger partial charge in [-0.3, -0.25) is 4.90 Å². The fraction of sp³-hybridized carbons (Fsp3) is 0.406. The van der Waals surface area contributed by atoms with Crippen molar-refractivity contribution in [1.82, 2.24) is 19.4 Å².